The number of nitrogens with one attached hydrogen (secondary N) is 2. The van der Waals surface area contributed by atoms with Crippen LogP contribution in [0.15, 0.2) is 42.5 Å². The van der Waals surface area contributed by atoms with Crippen molar-refractivity contribution in [2.45, 2.75) is 6.54 Å². The van der Waals surface area contributed by atoms with Gasteiger partial charge in [0.1, 0.15) is 18.9 Å². The summed E-state index contributed by atoms with van der Waals surface area (Å²) >= 11 is 5.80. The second-order valence-corrected chi connectivity index (χ2v) is 6.37. The van der Waals surface area contributed by atoms with Crippen LogP contribution in [0.3, 0.4) is 0 Å². The molecule has 0 spiro atoms. The maximum absolute atomic E-state index is 13.7. The molecule has 0 heterocycles. The van der Waals surface area contributed by atoms with E-state index < -0.39 is 5.82 Å². The van der Waals surface area contributed by atoms with Gasteiger partial charge < -0.3 is 19.7 Å². The van der Waals surface area contributed by atoms with Gasteiger partial charge in [-0.25, -0.2) is 4.39 Å². The topological polar surface area (TPSA) is 52.0 Å². The van der Waals surface area contributed by atoms with Crippen molar-refractivity contribution in [3.8, 4) is 11.5 Å². The van der Waals surface area contributed by atoms with Crippen LogP contribution < -0.4 is 19.7 Å². The summed E-state index contributed by atoms with van der Waals surface area (Å²) in [6, 6.07) is 11.9. The molecule has 0 aliphatic rings. The fraction of sp³-hybridized carbons (Fsp3) is 0.316. The minimum Gasteiger partial charge on any atom is -0.494 e. The van der Waals surface area contributed by atoms with E-state index in [0.717, 1.165) is 10.5 Å². The Bertz CT molecular complexity index is 725. The van der Waals surface area contributed by atoms with Crippen molar-refractivity contribution in [3.63, 3.8) is 0 Å². The van der Waals surface area contributed by atoms with E-state index in [2.05, 4.69) is 5.32 Å². The van der Waals surface area contributed by atoms with Gasteiger partial charge in [-0.05, 0) is 42.5 Å². The Balaban J connectivity index is 1.68. The number of hydrogen-bond donors (Lipinski definition) is 2. The summed E-state index contributed by atoms with van der Waals surface area (Å²) in [5.74, 6) is 0.426. The first-order valence-corrected chi connectivity index (χ1v) is 8.64. The van der Waals surface area contributed by atoms with E-state index in [1.807, 2.05) is 7.05 Å². The van der Waals surface area contributed by atoms with Gasteiger partial charge in [0.2, 0.25) is 0 Å². The summed E-state index contributed by atoms with van der Waals surface area (Å²) in [5.41, 5.74) is 0.805. The monoisotopic (exact) mass is 381 g/mol. The zero-order valence-corrected chi connectivity index (χ0v) is 15.6. The summed E-state index contributed by atoms with van der Waals surface area (Å²) in [4.78, 5) is 12.9. The minimum atomic E-state index is -0.401. The minimum absolute atomic E-state index is 0.0869. The highest BCUT2D eigenvalue weighted by Gasteiger charge is 2.12. The number of quaternary nitrogens is 1. The van der Waals surface area contributed by atoms with Crippen molar-refractivity contribution < 1.29 is 23.6 Å². The largest absolute Gasteiger partial charge is 0.494 e. The average molecular weight is 382 g/mol. The Morgan fingerprint density at radius 2 is 1.96 bits per heavy atom. The molecule has 2 aromatic carbocycles. The van der Waals surface area contributed by atoms with Crippen LogP contribution in [0.1, 0.15) is 5.56 Å². The molecular weight excluding hydrogens is 359 g/mol. The third-order valence-electron chi connectivity index (χ3n) is 3.69. The number of hydrogen-bond acceptors (Lipinski definition) is 3. The van der Waals surface area contributed by atoms with Crippen molar-refractivity contribution in [2.24, 2.45) is 0 Å². The fourth-order valence-corrected chi connectivity index (χ4v) is 2.58. The number of benzene rings is 2. The molecule has 2 aromatic rings. The Labute approximate surface area is 157 Å². The number of amides is 1. The lowest BCUT2D eigenvalue weighted by Crippen LogP contribution is -3.08. The van der Waals surface area contributed by atoms with Crippen LogP contribution in [0.4, 0.5) is 4.39 Å². The third-order valence-corrected chi connectivity index (χ3v) is 3.94. The van der Waals surface area contributed by atoms with Gasteiger partial charge >= 0.3 is 0 Å². The van der Waals surface area contributed by atoms with Crippen LogP contribution >= 0.6 is 11.6 Å². The van der Waals surface area contributed by atoms with Crippen LogP contribution in [0.5, 0.6) is 11.5 Å². The predicted octanol–water partition coefficient (Wildman–Crippen LogP) is 1.70. The van der Waals surface area contributed by atoms with Crippen molar-refractivity contribution in [1.82, 2.24) is 5.32 Å². The number of rotatable bonds is 9. The van der Waals surface area contributed by atoms with Gasteiger partial charge in [0.05, 0.1) is 20.7 Å². The highest BCUT2D eigenvalue weighted by atomic mass is 35.5. The molecular formula is C19H23ClFN2O3+. The number of carbonyl (C=O) groups excluding carboxylic acids is 1. The van der Waals surface area contributed by atoms with E-state index in [9.17, 15) is 9.18 Å². The van der Waals surface area contributed by atoms with Crippen molar-refractivity contribution >= 4 is 17.5 Å². The van der Waals surface area contributed by atoms with Crippen LogP contribution in [0.25, 0.3) is 0 Å². The van der Waals surface area contributed by atoms with E-state index in [1.54, 1.807) is 36.4 Å². The molecule has 0 aliphatic carbocycles. The second kappa shape index (κ2) is 9.99. The van der Waals surface area contributed by atoms with Gasteiger partial charge in [-0.2, -0.15) is 0 Å². The third kappa shape index (κ3) is 6.54. The molecule has 0 saturated carbocycles. The highest BCUT2D eigenvalue weighted by Crippen LogP contribution is 2.17. The SMILES string of the molecule is COc1ccc(C[NH+](C)CC(=O)NCCOc2ccc(Cl)cc2)cc1F. The maximum atomic E-state index is 13.7. The summed E-state index contributed by atoms with van der Waals surface area (Å²) in [7, 11) is 3.31. The van der Waals surface area contributed by atoms with Crippen molar-refractivity contribution in [2.75, 3.05) is 33.9 Å². The van der Waals surface area contributed by atoms with Gasteiger partial charge in [-0.1, -0.05) is 11.6 Å². The summed E-state index contributed by atoms with van der Waals surface area (Å²) in [6.45, 7) is 1.60. The highest BCUT2D eigenvalue weighted by molar-refractivity contribution is 6.30. The lowest BCUT2D eigenvalue weighted by atomic mass is 10.2. The number of methoxy groups -OCH3 is 1. The molecule has 1 unspecified atom stereocenters. The van der Waals surface area contributed by atoms with Crippen LogP contribution in [-0.2, 0) is 11.3 Å². The van der Waals surface area contributed by atoms with Crippen molar-refractivity contribution in [1.29, 1.82) is 0 Å². The number of halogens is 2. The second-order valence-electron chi connectivity index (χ2n) is 5.93. The molecule has 2 N–H and O–H groups in total. The van der Waals surface area contributed by atoms with Gasteiger partial charge in [-0.15, -0.1) is 0 Å². The first kappa shape index (κ1) is 20.0. The number of likely N-dealkylation sites (N-methyl/N-ethyl adjacent to an activating group) is 1. The van der Waals surface area contributed by atoms with E-state index in [4.69, 9.17) is 21.1 Å². The molecule has 0 aromatic heterocycles. The average Bonchev–Trinajstić information content (AvgIpc) is 2.60. The summed E-state index contributed by atoms with van der Waals surface area (Å²) in [5, 5.41) is 3.45. The Morgan fingerprint density at radius 1 is 1.23 bits per heavy atom. The van der Waals surface area contributed by atoms with Crippen LogP contribution in [-0.4, -0.2) is 39.8 Å². The van der Waals surface area contributed by atoms with E-state index in [0.29, 0.717) is 30.5 Å². The summed E-state index contributed by atoms with van der Waals surface area (Å²) < 4.78 is 24.1. The van der Waals surface area contributed by atoms with Gasteiger partial charge in [0.15, 0.2) is 18.1 Å². The normalized spacial score (nSPS) is 11.7. The molecule has 0 saturated heterocycles. The van der Waals surface area contributed by atoms with Gasteiger partial charge in [0, 0.05) is 10.6 Å². The molecule has 0 aliphatic heterocycles. The standard InChI is InChI=1S/C19H22ClFN2O3/c1-23(12-14-3-8-18(25-2)17(21)11-14)13-19(24)22-9-10-26-16-6-4-15(20)5-7-16/h3-8,11H,9-10,12-13H2,1-2H3,(H,22,24)/p+1. The molecule has 0 radical (unpaired) electrons. The summed E-state index contributed by atoms with van der Waals surface area (Å²) in [6.07, 6.45) is 0. The quantitative estimate of drug-likeness (QED) is 0.650. The lowest BCUT2D eigenvalue weighted by molar-refractivity contribution is -0.885. The molecule has 0 bridgehead atoms. The zero-order valence-electron chi connectivity index (χ0n) is 14.9. The molecule has 5 nitrogen and oxygen atoms in total. The Morgan fingerprint density at radius 3 is 2.62 bits per heavy atom. The Hall–Kier alpha value is -2.31. The molecule has 7 heteroatoms. The van der Waals surface area contributed by atoms with E-state index in [1.165, 1.54) is 13.2 Å². The molecule has 26 heavy (non-hydrogen) atoms. The van der Waals surface area contributed by atoms with Crippen LogP contribution in [0.2, 0.25) is 5.02 Å². The molecule has 2 rings (SSSR count). The Kier molecular flexibility index (Phi) is 7.69. The smallest absolute Gasteiger partial charge is 0.275 e. The fourth-order valence-electron chi connectivity index (χ4n) is 2.46. The molecule has 140 valence electrons. The number of carbonyl (C=O) groups is 1. The van der Waals surface area contributed by atoms with Crippen LogP contribution in [0, 0.1) is 5.82 Å². The van der Waals surface area contributed by atoms with Crippen molar-refractivity contribution in [3.05, 3.63) is 58.9 Å². The lowest BCUT2D eigenvalue weighted by Gasteiger charge is -2.14. The predicted molar refractivity (Wildman–Crippen MR) is 98.4 cm³/mol. The zero-order chi connectivity index (χ0) is 18.9. The van der Waals surface area contributed by atoms with E-state index >= 15 is 0 Å². The molecule has 1 amide bonds. The first-order chi connectivity index (χ1) is 12.5. The number of ether oxygens (including phenoxy) is 2. The first-order valence-electron chi connectivity index (χ1n) is 8.26. The molecule has 1 atom stereocenters. The molecule has 0 fully saturated rings. The van der Waals surface area contributed by atoms with Gasteiger partial charge in [-0.3, -0.25) is 4.79 Å². The maximum Gasteiger partial charge on any atom is 0.275 e. The van der Waals surface area contributed by atoms with Gasteiger partial charge in [0.25, 0.3) is 5.91 Å². The van der Waals surface area contributed by atoms with E-state index in [-0.39, 0.29) is 18.2 Å².